The van der Waals surface area contributed by atoms with Crippen molar-refractivity contribution >= 4 is 62.5 Å². The third kappa shape index (κ3) is 10.3. The monoisotopic (exact) mass is 967 g/mol. The highest BCUT2D eigenvalue weighted by Crippen LogP contribution is 2.42. The number of ether oxygens (including phenoxy) is 4. The van der Waals surface area contributed by atoms with Crippen molar-refractivity contribution in [2.75, 3.05) is 57.9 Å². The van der Waals surface area contributed by atoms with E-state index in [-0.39, 0.29) is 42.6 Å². The average Bonchev–Trinajstić information content (AvgIpc) is 3.92. The molecule has 3 unspecified atom stereocenters. The summed E-state index contributed by atoms with van der Waals surface area (Å²) in [7, 11) is 0. The molecule has 0 bridgehead atoms. The Morgan fingerprint density at radius 3 is 2.42 bits per heavy atom. The van der Waals surface area contributed by atoms with Gasteiger partial charge in [-0.25, -0.2) is 10.2 Å². The highest BCUT2D eigenvalue weighted by molar-refractivity contribution is 6.25. The van der Waals surface area contributed by atoms with Crippen LogP contribution in [0.1, 0.15) is 110 Å². The molecule has 0 radical (unpaired) electrons. The molecule has 0 aliphatic carbocycles. The average molecular weight is 968 g/mol. The van der Waals surface area contributed by atoms with E-state index in [4.69, 9.17) is 18.9 Å². The second-order valence-corrected chi connectivity index (χ2v) is 20.1. The number of fused-ring (bicyclic) bond motifs is 3. The number of imide groups is 2. The molecule has 71 heavy (non-hydrogen) atoms. The number of aryl methyl sites for hydroxylation is 1. The van der Waals surface area contributed by atoms with Crippen LogP contribution in [0, 0.1) is 0 Å². The number of hydrazine groups is 1. The Balaban J connectivity index is 0.958. The Morgan fingerprint density at radius 2 is 1.63 bits per heavy atom. The summed E-state index contributed by atoms with van der Waals surface area (Å²) in [4.78, 5) is 69.6. The number of allylic oxidation sites excluding steroid dienone is 1. The summed E-state index contributed by atoms with van der Waals surface area (Å²) < 4.78 is 27.0. The van der Waals surface area contributed by atoms with E-state index in [0.29, 0.717) is 63.6 Å². The number of carbonyl (C=O) groups is 5. The Morgan fingerprint density at radius 1 is 0.901 bits per heavy atom. The summed E-state index contributed by atoms with van der Waals surface area (Å²) in [5.41, 5.74) is 12.0. The Bertz CT molecular complexity index is 2910. The molecule has 5 aromatic rings. The number of para-hydroxylation sites is 1. The number of aromatic nitrogens is 1. The zero-order chi connectivity index (χ0) is 50.0. The predicted octanol–water partition coefficient (Wildman–Crippen LogP) is 7.00. The normalized spacial score (nSPS) is 20.1. The number of carbonyl (C=O) groups excluding carboxylic acids is 5. The summed E-state index contributed by atoms with van der Waals surface area (Å²) in [5, 5.41) is 8.70. The van der Waals surface area contributed by atoms with Crippen molar-refractivity contribution in [2.24, 2.45) is 0 Å². The minimum Gasteiger partial charge on any atom is -0.493 e. The van der Waals surface area contributed by atoms with Crippen molar-refractivity contribution in [2.45, 2.75) is 103 Å². The zero-order valence-corrected chi connectivity index (χ0v) is 41.6. The van der Waals surface area contributed by atoms with Crippen LogP contribution in [0.25, 0.3) is 27.2 Å². The van der Waals surface area contributed by atoms with Gasteiger partial charge in [-0.15, -0.1) is 0 Å². The second kappa shape index (κ2) is 20.6. The first-order valence-corrected chi connectivity index (χ1v) is 24.8. The van der Waals surface area contributed by atoms with Crippen molar-refractivity contribution in [3.8, 4) is 5.75 Å². The van der Waals surface area contributed by atoms with E-state index in [9.17, 15) is 24.0 Å². The fourth-order valence-corrected chi connectivity index (χ4v) is 10.7. The molecule has 0 spiro atoms. The Labute approximate surface area is 414 Å². The molecule has 2 fully saturated rings. The van der Waals surface area contributed by atoms with Crippen LogP contribution in [0.3, 0.4) is 0 Å². The fraction of sp³-hybridized carbons (Fsp3) is 0.436. The number of anilines is 1. The summed E-state index contributed by atoms with van der Waals surface area (Å²) in [6, 6.07) is 24.6. The molecule has 2 saturated heterocycles. The molecule has 4 aliphatic heterocycles. The van der Waals surface area contributed by atoms with Crippen LogP contribution >= 0.6 is 0 Å². The topological polar surface area (TPSA) is 182 Å². The van der Waals surface area contributed by atoms with E-state index in [1.807, 2.05) is 52.0 Å². The van der Waals surface area contributed by atoms with Gasteiger partial charge < -0.3 is 34.3 Å². The number of benzene rings is 4. The van der Waals surface area contributed by atoms with Crippen molar-refractivity contribution in [1.82, 2.24) is 30.5 Å². The van der Waals surface area contributed by atoms with E-state index in [1.165, 1.54) is 0 Å². The van der Waals surface area contributed by atoms with E-state index in [0.717, 1.165) is 74.4 Å². The number of nitrogens with zero attached hydrogens (tertiary/aromatic N) is 3. The minimum absolute atomic E-state index is 0.0464. The predicted molar refractivity (Wildman–Crippen MR) is 271 cm³/mol. The quantitative estimate of drug-likeness (QED) is 0.0401. The van der Waals surface area contributed by atoms with E-state index < -0.39 is 40.8 Å². The van der Waals surface area contributed by atoms with Gasteiger partial charge in [0.1, 0.15) is 23.1 Å². The Hall–Kier alpha value is -6.59. The summed E-state index contributed by atoms with van der Waals surface area (Å²) in [6.07, 6.45) is 1.71. The number of hydrogen-bond acceptors (Lipinski definition) is 13. The van der Waals surface area contributed by atoms with Crippen LogP contribution in [0.4, 0.5) is 5.69 Å². The molecule has 5 heterocycles. The molecule has 9 rings (SSSR count). The molecular formula is C55H65N7O9. The Kier molecular flexibility index (Phi) is 14.4. The van der Waals surface area contributed by atoms with Gasteiger partial charge in [0, 0.05) is 72.4 Å². The van der Waals surface area contributed by atoms with Crippen LogP contribution in [-0.4, -0.2) is 120 Å². The highest BCUT2D eigenvalue weighted by Gasteiger charge is 2.46. The number of piperidine rings is 1. The maximum Gasteiger partial charge on any atom is 0.355 e. The molecule has 0 saturated carbocycles. The van der Waals surface area contributed by atoms with Crippen molar-refractivity contribution in [1.29, 1.82) is 0 Å². The first-order chi connectivity index (χ1) is 34.1. The maximum atomic E-state index is 14.7. The maximum absolute atomic E-state index is 14.7. The molecule has 1 aromatic heterocycles. The number of rotatable bonds is 18. The lowest BCUT2D eigenvalue weighted by Gasteiger charge is -2.31. The van der Waals surface area contributed by atoms with Gasteiger partial charge in [0.25, 0.3) is 11.8 Å². The number of morpholine rings is 1. The molecule has 4 aromatic carbocycles. The van der Waals surface area contributed by atoms with Crippen LogP contribution in [0.2, 0.25) is 0 Å². The standard InChI is InChI=1S/C55H65N7O9/c1-34(69-30-24-56-42-20-11-17-40-46(42)52(66)62(51(40)65)43-22-23-45(63)57-50(43)64)33-55(6)47(35(2)58-59-55)41-18-10-16-38-39(19-12-29-70-44-21-9-14-36-13-7-8-15-37(36)44)49(53(67)71-54(3,4)5)61(48(38)41)26-25-60-27-31-68-32-28-60/h7-11,13-18,20-21,34,43,56,58-59H,12,19,22-33H2,1-6H3,(H,57,63,64). The van der Waals surface area contributed by atoms with Crippen LogP contribution in [0.15, 0.2) is 84.6 Å². The van der Waals surface area contributed by atoms with Gasteiger partial charge >= 0.3 is 5.97 Å². The SMILES string of the molecule is CC1=C(c2cccc3c(CCCOc4cccc5ccccc45)c(C(=O)OC(C)(C)C)n(CCN4CCOCC4)c23)C(C)(CC(C)OCCNc2cccc3c2C(=O)N(C2CCC(=O)NC2=O)C3=O)NN1. The van der Waals surface area contributed by atoms with Gasteiger partial charge in [-0.2, -0.15) is 0 Å². The molecule has 4 amide bonds. The van der Waals surface area contributed by atoms with Gasteiger partial charge in [0.05, 0.1) is 54.7 Å². The lowest BCUT2D eigenvalue weighted by Crippen LogP contribution is -2.54. The fourth-order valence-electron chi connectivity index (χ4n) is 10.7. The van der Waals surface area contributed by atoms with Crippen molar-refractivity contribution in [3.63, 3.8) is 0 Å². The molecular weight excluding hydrogens is 903 g/mol. The largest absolute Gasteiger partial charge is 0.493 e. The number of amides is 4. The smallest absolute Gasteiger partial charge is 0.355 e. The van der Waals surface area contributed by atoms with E-state index in [1.54, 1.807) is 18.2 Å². The minimum atomic E-state index is -1.05. The van der Waals surface area contributed by atoms with Gasteiger partial charge in [0.2, 0.25) is 11.8 Å². The van der Waals surface area contributed by atoms with Crippen molar-refractivity contribution in [3.05, 3.63) is 113 Å². The molecule has 16 heteroatoms. The molecule has 3 atom stereocenters. The van der Waals surface area contributed by atoms with Crippen LogP contribution in [0.5, 0.6) is 5.75 Å². The van der Waals surface area contributed by atoms with Crippen LogP contribution in [-0.2, 0) is 36.8 Å². The number of esters is 1. The van der Waals surface area contributed by atoms with E-state index >= 15 is 0 Å². The van der Waals surface area contributed by atoms with Gasteiger partial charge in [-0.1, -0.05) is 60.7 Å². The summed E-state index contributed by atoms with van der Waals surface area (Å²) in [6.45, 7) is 17.3. The first kappa shape index (κ1) is 49.4. The highest BCUT2D eigenvalue weighted by atomic mass is 16.6. The second-order valence-electron chi connectivity index (χ2n) is 20.1. The summed E-state index contributed by atoms with van der Waals surface area (Å²) >= 11 is 0. The third-order valence-electron chi connectivity index (χ3n) is 13.8. The lowest BCUT2D eigenvalue weighted by atomic mass is 9.82. The molecule has 4 N–H and O–H groups in total. The first-order valence-electron chi connectivity index (χ1n) is 24.8. The van der Waals surface area contributed by atoms with E-state index in [2.05, 4.69) is 81.2 Å². The lowest BCUT2D eigenvalue weighted by molar-refractivity contribution is -0.136. The molecule has 4 aliphatic rings. The number of hydrogen-bond donors (Lipinski definition) is 4. The van der Waals surface area contributed by atoms with Crippen LogP contribution < -0.4 is 26.2 Å². The van der Waals surface area contributed by atoms with Gasteiger partial charge in [0.15, 0.2) is 0 Å². The number of nitrogens with one attached hydrogen (secondary N) is 4. The molecule has 16 nitrogen and oxygen atoms in total. The zero-order valence-electron chi connectivity index (χ0n) is 41.6. The van der Waals surface area contributed by atoms with Gasteiger partial charge in [-0.05, 0) is 96.4 Å². The van der Waals surface area contributed by atoms with Crippen molar-refractivity contribution < 1.29 is 42.9 Å². The molecule has 374 valence electrons. The van der Waals surface area contributed by atoms with Gasteiger partial charge in [-0.3, -0.25) is 34.3 Å². The third-order valence-corrected chi connectivity index (χ3v) is 13.8. The summed E-state index contributed by atoms with van der Waals surface area (Å²) in [5.74, 6) is -1.73.